The first-order valence-corrected chi connectivity index (χ1v) is 8.52. The van der Waals surface area contributed by atoms with Crippen LogP contribution in [-0.4, -0.2) is 41.1 Å². The van der Waals surface area contributed by atoms with E-state index in [-0.39, 0.29) is 0 Å². The molecular weight excluding hydrogens is 228 g/mol. The van der Waals surface area contributed by atoms with Gasteiger partial charge in [0, 0.05) is 18.1 Å². The largest absolute Gasteiger partial charge is 0.329 e. The van der Waals surface area contributed by atoms with Crippen LogP contribution in [0.1, 0.15) is 51.9 Å². The number of hydrogen-bond donors (Lipinski definition) is 1. The normalized spacial score (nSPS) is 26.3. The lowest BCUT2D eigenvalue weighted by Crippen LogP contribution is -2.59. The minimum atomic E-state index is 0.335. The summed E-state index contributed by atoms with van der Waals surface area (Å²) in [6, 6.07) is 0.820. The topological polar surface area (TPSA) is 29.3 Å². The molecule has 3 heteroatoms. The van der Waals surface area contributed by atoms with Crippen LogP contribution in [0.5, 0.6) is 0 Å². The van der Waals surface area contributed by atoms with Crippen molar-refractivity contribution in [3.05, 3.63) is 0 Å². The third-order valence-electron chi connectivity index (χ3n) is 4.77. The van der Waals surface area contributed by atoms with E-state index in [0.29, 0.717) is 5.54 Å². The number of likely N-dealkylation sites (N-methyl/N-ethyl adjacent to an activating group) is 1. The molecule has 2 rings (SSSR count). The average molecular weight is 256 g/mol. The maximum atomic E-state index is 6.17. The summed E-state index contributed by atoms with van der Waals surface area (Å²) in [5.41, 5.74) is 6.51. The predicted molar refractivity (Wildman–Crippen MR) is 77.6 cm³/mol. The van der Waals surface area contributed by atoms with E-state index in [1.54, 1.807) is 0 Å². The lowest BCUT2D eigenvalue weighted by Gasteiger charge is -2.50. The van der Waals surface area contributed by atoms with Gasteiger partial charge in [-0.25, -0.2) is 0 Å². The SMILES string of the molecule is CCN(C1CCCCC1)C1(CN)CCSCC1. The molecule has 1 saturated heterocycles. The highest BCUT2D eigenvalue weighted by Crippen LogP contribution is 2.36. The van der Waals surface area contributed by atoms with E-state index in [0.717, 1.165) is 12.6 Å². The Bertz CT molecular complexity index is 220. The second-order valence-electron chi connectivity index (χ2n) is 5.62. The molecule has 0 bridgehead atoms. The van der Waals surface area contributed by atoms with E-state index in [1.807, 2.05) is 0 Å². The summed E-state index contributed by atoms with van der Waals surface area (Å²) in [4.78, 5) is 2.78. The first kappa shape index (κ1) is 13.7. The van der Waals surface area contributed by atoms with Gasteiger partial charge in [-0.1, -0.05) is 26.2 Å². The third-order valence-corrected chi connectivity index (χ3v) is 5.75. The Morgan fingerprint density at radius 2 is 1.82 bits per heavy atom. The second-order valence-corrected chi connectivity index (χ2v) is 6.84. The molecule has 1 aliphatic carbocycles. The van der Waals surface area contributed by atoms with Gasteiger partial charge in [0.15, 0.2) is 0 Å². The predicted octanol–water partition coefficient (Wildman–Crippen LogP) is 2.87. The smallest absolute Gasteiger partial charge is 0.0350 e. The van der Waals surface area contributed by atoms with Crippen molar-refractivity contribution in [2.75, 3.05) is 24.6 Å². The van der Waals surface area contributed by atoms with E-state index in [1.165, 1.54) is 63.0 Å². The molecule has 2 fully saturated rings. The summed E-state index contributed by atoms with van der Waals surface area (Å²) < 4.78 is 0. The molecule has 1 aliphatic heterocycles. The fourth-order valence-corrected chi connectivity index (χ4v) is 4.99. The van der Waals surface area contributed by atoms with Gasteiger partial charge in [0.25, 0.3) is 0 Å². The summed E-state index contributed by atoms with van der Waals surface area (Å²) in [5.74, 6) is 2.61. The van der Waals surface area contributed by atoms with E-state index >= 15 is 0 Å². The number of thioether (sulfide) groups is 1. The molecule has 1 heterocycles. The lowest BCUT2D eigenvalue weighted by atomic mass is 9.84. The molecule has 1 saturated carbocycles. The van der Waals surface area contributed by atoms with Crippen molar-refractivity contribution in [2.45, 2.75) is 63.5 Å². The van der Waals surface area contributed by atoms with Crippen LogP contribution in [0.25, 0.3) is 0 Å². The Morgan fingerprint density at radius 3 is 2.35 bits per heavy atom. The number of hydrogen-bond acceptors (Lipinski definition) is 3. The maximum absolute atomic E-state index is 6.17. The minimum absolute atomic E-state index is 0.335. The zero-order valence-electron chi connectivity index (χ0n) is 11.3. The summed E-state index contributed by atoms with van der Waals surface area (Å²) in [6.45, 7) is 4.37. The van der Waals surface area contributed by atoms with Crippen LogP contribution >= 0.6 is 11.8 Å². The first-order chi connectivity index (χ1) is 8.32. The van der Waals surface area contributed by atoms with E-state index in [2.05, 4.69) is 23.6 Å². The Balaban J connectivity index is 2.07. The zero-order chi connectivity index (χ0) is 12.1. The first-order valence-electron chi connectivity index (χ1n) is 7.37. The van der Waals surface area contributed by atoms with Crippen molar-refractivity contribution in [1.29, 1.82) is 0 Å². The summed E-state index contributed by atoms with van der Waals surface area (Å²) in [6.07, 6.45) is 9.72. The molecule has 0 radical (unpaired) electrons. The molecule has 17 heavy (non-hydrogen) atoms. The van der Waals surface area contributed by atoms with Crippen LogP contribution < -0.4 is 5.73 Å². The van der Waals surface area contributed by atoms with Gasteiger partial charge in [-0.15, -0.1) is 0 Å². The molecule has 0 aromatic carbocycles. The molecule has 0 aromatic heterocycles. The molecule has 2 N–H and O–H groups in total. The van der Waals surface area contributed by atoms with Crippen molar-refractivity contribution >= 4 is 11.8 Å². The number of nitrogens with zero attached hydrogens (tertiary/aromatic N) is 1. The summed E-state index contributed by atoms with van der Waals surface area (Å²) >= 11 is 2.10. The lowest BCUT2D eigenvalue weighted by molar-refractivity contribution is 0.0288. The molecule has 0 atom stereocenters. The van der Waals surface area contributed by atoms with Crippen LogP contribution in [-0.2, 0) is 0 Å². The van der Waals surface area contributed by atoms with Crippen molar-refractivity contribution in [1.82, 2.24) is 4.90 Å². The monoisotopic (exact) mass is 256 g/mol. The molecule has 0 unspecified atom stereocenters. The quantitative estimate of drug-likeness (QED) is 0.838. The van der Waals surface area contributed by atoms with Crippen molar-refractivity contribution in [2.24, 2.45) is 5.73 Å². The van der Waals surface area contributed by atoms with Gasteiger partial charge in [-0.3, -0.25) is 4.90 Å². The van der Waals surface area contributed by atoms with Crippen molar-refractivity contribution in [3.8, 4) is 0 Å². The van der Waals surface area contributed by atoms with E-state index in [9.17, 15) is 0 Å². The Morgan fingerprint density at radius 1 is 1.18 bits per heavy atom. The van der Waals surface area contributed by atoms with Gasteiger partial charge in [-0.05, 0) is 43.7 Å². The molecule has 0 amide bonds. The molecule has 0 spiro atoms. The maximum Gasteiger partial charge on any atom is 0.0350 e. The second kappa shape index (κ2) is 6.44. The van der Waals surface area contributed by atoms with E-state index < -0.39 is 0 Å². The van der Waals surface area contributed by atoms with Crippen molar-refractivity contribution < 1.29 is 0 Å². The molecule has 2 nitrogen and oxygen atoms in total. The van der Waals surface area contributed by atoms with Gasteiger partial charge in [0.2, 0.25) is 0 Å². The van der Waals surface area contributed by atoms with Gasteiger partial charge < -0.3 is 5.73 Å². The van der Waals surface area contributed by atoms with Crippen molar-refractivity contribution in [3.63, 3.8) is 0 Å². The van der Waals surface area contributed by atoms with Gasteiger partial charge >= 0.3 is 0 Å². The minimum Gasteiger partial charge on any atom is -0.329 e. The van der Waals surface area contributed by atoms with E-state index in [4.69, 9.17) is 5.73 Å². The summed E-state index contributed by atoms with van der Waals surface area (Å²) in [5, 5.41) is 0. The standard InChI is InChI=1S/C14H28N2S/c1-2-16(13-6-4-3-5-7-13)14(12-15)8-10-17-11-9-14/h13H,2-12,15H2,1H3. The highest BCUT2D eigenvalue weighted by molar-refractivity contribution is 7.99. The van der Waals surface area contributed by atoms with Crippen LogP contribution in [0.2, 0.25) is 0 Å². The summed E-state index contributed by atoms with van der Waals surface area (Å²) in [7, 11) is 0. The third kappa shape index (κ3) is 2.99. The number of rotatable bonds is 4. The van der Waals surface area contributed by atoms with Gasteiger partial charge in [-0.2, -0.15) is 11.8 Å². The highest BCUT2D eigenvalue weighted by Gasteiger charge is 2.39. The van der Waals surface area contributed by atoms with Crippen LogP contribution in [0.3, 0.4) is 0 Å². The fraction of sp³-hybridized carbons (Fsp3) is 1.00. The average Bonchev–Trinajstić information content (AvgIpc) is 2.42. The van der Waals surface area contributed by atoms with Gasteiger partial charge in [0.1, 0.15) is 0 Å². The Kier molecular flexibility index (Phi) is 5.19. The van der Waals surface area contributed by atoms with Crippen LogP contribution in [0.15, 0.2) is 0 Å². The molecular formula is C14H28N2S. The fourth-order valence-electron chi connectivity index (χ4n) is 3.73. The molecule has 0 aromatic rings. The number of nitrogens with two attached hydrogens (primary N) is 1. The molecule has 100 valence electrons. The Labute approximate surface area is 111 Å². The van der Waals surface area contributed by atoms with Crippen LogP contribution in [0.4, 0.5) is 0 Å². The highest BCUT2D eigenvalue weighted by atomic mass is 32.2. The zero-order valence-corrected chi connectivity index (χ0v) is 12.1. The van der Waals surface area contributed by atoms with Gasteiger partial charge in [0.05, 0.1) is 0 Å². The Hall–Kier alpha value is 0.270. The van der Waals surface area contributed by atoms with Crippen LogP contribution in [0, 0.1) is 0 Å². The molecule has 2 aliphatic rings.